The number of benzene rings is 1. The molecule has 1 aromatic rings. The molecule has 0 aliphatic rings. The third kappa shape index (κ3) is 9.81. The molecule has 1 rings (SSSR count). The Kier molecular flexibility index (Phi) is 12.0. The highest BCUT2D eigenvalue weighted by Crippen LogP contribution is 2.22. The van der Waals surface area contributed by atoms with Crippen molar-refractivity contribution in [2.75, 3.05) is 17.3 Å². The van der Waals surface area contributed by atoms with E-state index in [0.717, 1.165) is 12.0 Å². The molecule has 0 saturated heterocycles. The Morgan fingerprint density at radius 2 is 1.70 bits per heavy atom. The molecule has 23 heavy (non-hydrogen) atoms. The summed E-state index contributed by atoms with van der Waals surface area (Å²) in [5, 5.41) is 0. The Balaban J connectivity index is 2.56. The predicted molar refractivity (Wildman–Crippen MR) is 112 cm³/mol. The summed E-state index contributed by atoms with van der Waals surface area (Å²) in [6.07, 6.45) is 10.3. The van der Waals surface area contributed by atoms with Gasteiger partial charge >= 0.3 is 0 Å². The van der Waals surface area contributed by atoms with E-state index in [9.17, 15) is 0 Å². The van der Waals surface area contributed by atoms with Crippen LogP contribution >= 0.6 is 23.5 Å². The van der Waals surface area contributed by atoms with Crippen LogP contribution in [0.2, 0.25) is 0 Å². The number of hydrogen-bond acceptors (Lipinski definition) is 2. The number of allylic oxidation sites excluding steroid dienone is 1. The van der Waals surface area contributed by atoms with Crippen LogP contribution in [-0.4, -0.2) is 17.3 Å². The zero-order valence-corrected chi connectivity index (χ0v) is 16.3. The summed E-state index contributed by atoms with van der Waals surface area (Å²) in [5.41, 5.74) is 5.90. The summed E-state index contributed by atoms with van der Waals surface area (Å²) < 4.78 is 0. The van der Waals surface area contributed by atoms with E-state index in [1.54, 1.807) is 0 Å². The first-order valence-corrected chi connectivity index (χ1v) is 10.8. The largest absolute Gasteiger partial charge is 0.161 e. The second-order valence-electron chi connectivity index (χ2n) is 5.50. The van der Waals surface area contributed by atoms with Gasteiger partial charge in [-0.3, -0.25) is 0 Å². The van der Waals surface area contributed by atoms with Crippen LogP contribution in [0.25, 0.3) is 12.2 Å². The first-order chi connectivity index (χ1) is 11.3. The molecule has 0 saturated carbocycles. The first kappa shape index (κ1) is 20.2. The summed E-state index contributed by atoms with van der Waals surface area (Å²) in [5.74, 6) is 3.75. The molecule has 0 aliphatic heterocycles. The lowest BCUT2D eigenvalue weighted by Crippen LogP contribution is -1.88. The summed E-state index contributed by atoms with van der Waals surface area (Å²) >= 11 is 4.06. The van der Waals surface area contributed by atoms with Gasteiger partial charge in [0.05, 0.1) is 0 Å². The Morgan fingerprint density at radius 3 is 2.35 bits per heavy atom. The van der Waals surface area contributed by atoms with E-state index in [1.165, 1.54) is 53.4 Å². The minimum Gasteiger partial charge on any atom is -0.161 e. The van der Waals surface area contributed by atoms with Crippen molar-refractivity contribution < 1.29 is 0 Å². The van der Waals surface area contributed by atoms with Crippen LogP contribution in [-0.2, 0) is 0 Å². The van der Waals surface area contributed by atoms with Crippen LogP contribution in [0, 0.1) is 0 Å². The van der Waals surface area contributed by atoms with E-state index in [1.807, 2.05) is 17.8 Å². The molecule has 0 unspecified atom stereocenters. The van der Waals surface area contributed by atoms with E-state index >= 15 is 0 Å². The number of hydrogen-bond donors (Lipinski definition) is 0. The molecule has 0 atom stereocenters. The molecule has 0 aromatic heterocycles. The van der Waals surface area contributed by atoms with Crippen LogP contribution < -0.4 is 0 Å². The molecule has 1 aromatic carbocycles. The third-order valence-corrected chi connectivity index (χ3v) is 5.88. The quantitative estimate of drug-likeness (QED) is 0.288. The van der Waals surface area contributed by atoms with Crippen molar-refractivity contribution in [3.8, 4) is 0 Å². The molecule has 2 heteroatoms. The average Bonchev–Trinajstić information content (AvgIpc) is 2.60. The van der Waals surface area contributed by atoms with Crippen LogP contribution in [0.1, 0.15) is 57.1 Å². The SMILES string of the molecule is C=Cc1ccc(C=C=C(CCCC)SCCSCCCC)cc1. The smallest absolute Gasteiger partial charge is 0.0266 e. The highest BCUT2D eigenvalue weighted by atomic mass is 32.2. The first-order valence-electron chi connectivity index (χ1n) is 8.68. The maximum absolute atomic E-state index is 3.79. The van der Waals surface area contributed by atoms with Crippen LogP contribution in [0.4, 0.5) is 0 Å². The number of unbranched alkanes of at least 4 members (excludes halogenated alkanes) is 2. The van der Waals surface area contributed by atoms with E-state index in [0.29, 0.717) is 0 Å². The highest BCUT2D eigenvalue weighted by Gasteiger charge is 1.98. The Bertz CT molecular complexity index is 493. The van der Waals surface area contributed by atoms with E-state index < -0.39 is 0 Å². The van der Waals surface area contributed by atoms with Gasteiger partial charge in [-0.05, 0) is 42.2 Å². The van der Waals surface area contributed by atoms with Gasteiger partial charge < -0.3 is 0 Å². The molecular weight excluding hydrogens is 316 g/mol. The molecule has 0 heterocycles. The monoisotopic (exact) mass is 346 g/mol. The molecule has 0 spiro atoms. The fourth-order valence-electron chi connectivity index (χ4n) is 1.99. The summed E-state index contributed by atoms with van der Waals surface area (Å²) in [4.78, 5) is 1.40. The minimum atomic E-state index is 1.15. The molecule has 126 valence electrons. The summed E-state index contributed by atoms with van der Waals surface area (Å²) in [6.45, 7) is 8.30. The van der Waals surface area contributed by atoms with Gasteiger partial charge in [-0.15, -0.1) is 17.5 Å². The van der Waals surface area contributed by atoms with Gasteiger partial charge in [0, 0.05) is 16.4 Å². The van der Waals surface area contributed by atoms with Crippen molar-refractivity contribution in [2.24, 2.45) is 0 Å². The summed E-state index contributed by atoms with van der Waals surface area (Å²) in [7, 11) is 0. The fourth-order valence-corrected chi connectivity index (χ4v) is 4.17. The third-order valence-electron chi connectivity index (χ3n) is 3.48. The Labute approximate surface area is 151 Å². The van der Waals surface area contributed by atoms with Gasteiger partial charge in [-0.1, -0.05) is 63.6 Å². The topological polar surface area (TPSA) is 0 Å². The summed E-state index contributed by atoms with van der Waals surface area (Å²) in [6, 6.07) is 8.47. The highest BCUT2D eigenvalue weighted by molar-refractivity contribution is 8.05. The van der Waals surface area contributed by atoms with E-state index in [2.05, 4.69) is 68.3 Å². The molecule has 0 bridgehead atoms. The molecule has 0 N–H and O–H groups in total. The zero-order valence-electron chi connectivity index (χ0n) is 14.6. The van der Waals surface area contributed by atoms with E-state index in [4.69, 9.17) is 0 Å². The Hall–Kier alpha value is -0.820. The van der Waals surface area contributed by atoms with Crippen LogP contribution in [0.3, 0.4) is 0 Å². The Morgan fingerprint density at radius 1 is 1.00 bits per heavy atom. The lowest BCUT2D eigenvalue weighted by molar-refractivity contribution is 0.809. The molecule has 0 fully saturated rings. The second kappa shape index (κ2) is 13.6. The lowest BCUT2D eigenvalue weighted by Gasteiger charge is -2.04. The van der Waals surface area contributed by atoms with Crippen molar-refractivity contribution in [1.29, 1.82) is 0 Å². The van der Waals surface area contributed by atoms with Gasteiger partial charge in [0.1, 0.15) is 0 Å². The molecular formula is C21H30S2. The number of thioether (sulfide) groups is 2. The standard InChI is InChI=1S/C21H30S2/c1-4-7-9-21(23-18-17-22-16-8-5-2)15-14-20-12-10-19(6-3)11-13-20/h6,10-14H,3-5,7-9,16-18H2,1-2H3. The van der Waals surface area contributed by atoms with Gasteiger partial charge in [-0.2, -0.15) is 11.8 Å². The van der Waals surface area contributed by atoms with Gasteiger partial charge in [0.15, 0.2) is 0 Å². The van der Waals surface area contributed by atoms with Crippen LogP contribution in [0.5, 0.6) is 0 Å². The van der Waals surface area contributed by atoms with E-state index in [-0.39, 0.29) is 0 Å². The van der Waals surface area contributed by atoms with Gasteiger partial charge in [-0.25, -0.2) is 0 Å². The lowest BCUT2D eigenvalue weighted by atomic mass is 10.1. The molecule has 0 radical (unpaired) electrons. The van der Waals surface area contributed by atoms with Crippen molar-refractivity contribution in [1.82, 2.24) is 0 Å². The van der Waals surface area contributed by atoms with Crippen molar-refractivity contribution >= 4 is 35.7 Å². The maximum atomic E-state index is 3.79. The second-order valence-corrected chi connectivity index (χ2v) is 7.92. The van der Waals surface area contributed by atoms with Crippen molar-refractivity contribution in [3.63, 3.8) is 0 Å². The fraction of sp³-hybridized carbons (Fsp3) is 0.476. The van der Waals surface area contributed by atoms with Crippen molar-refractivity contribution in [3.05, 3.63) is 52.6 Å². The normalized spacial score (nSPS) is 10.2. The molecule has 0 nitrogen and oxygen atoms in total. The maximum Gasteiger partial charge on any atom is 0.0266 e. The minimum absolute atomic E-state index is 1.15. The van der Waals surface area contributed by atoms with Crippen molar-refractivity contribution in [2.45, 2.75) is 46.0 Å². The molecule has 0 amide bonds. The van der Waals surface area contributed by atoms with Gasteiger partial charge in [0.25, 0.3) is 0 Å². The molecule has 0 aliphatic carbocycles. The van der Waals surface area contributed by atoms with Gasteiger partial charge in [0.2, 0.25) is 0 Å². The number of rotatable bonds is 12. The average molecular weight is 347 g/mol. The van der Waals surface area contributed by atoms with Crippen LogP contribution in [0.15, 0.2) is 41.5 Å². The predicted octanol–water partition coefficient (Wildman–Crippen LogP) is 7.28. The zero-order chi connectivity index (χ0) is 16.8.